The Morgan fingerprint density at radius 2 is 1.89 bits per heavy atom. The van der Waals surface area contributed by atoms with Gasteiger partial charge in [0.2, 0.25) is 0 Å². The van der Waals surface area contributed by atoms with Crippen molar-refractivity contribution in [2.45, 2.75) is 0 Å². The molecule has 0 saturated carbocycles. The molecule has 5 nitrogen and oxygen atoms in total. The smallest absolute Gasteiger partial charge is 0.170 e. The van der Waals surface area contributed by atoms with Crippen LogP contribution in [0.15, 0.2) is 41.6 Å². The zero-order valence-corrected chi connectivity index (χ0v) is 10.7. The quantitative estimate of drug-likeness (QED) is 0.335. The van der Waals surface area contributed by atoms with Gasteiger partial charge in [-0.25, -0.2) is 0 Å². The lowest BCUT2D eigenvalue weighted by atomic mass is 10.0. The zero-order chi connectivity index (χ0) is 13.8. The van der Waals surface area contributed by atoms with E-state index in [0.29, 0.717) is 12.1 Å². The number of likely N-dealkylation sites (N-methyl/N-ethyl adjacent to an activating group) is 1. The molecule has 0 aromatic heterocycles. The van der Waals surface area contributed by atoms with Gasteiger partial charge in [-0.2, -0.15) is 0 Å². The first-order valence-corrected chi connectivity index (χ1v) is 6.00. The van der Waals surface area contributed by atoms with Crippen molar-refractivity contribution in [3.8, 4) is 0 Å². The molecule has 19 heavy (non-hydrogen) atoms. The molecule has 0 unspecified atom stereocenters. The molecule has 2 rings (SSSR count). The molecule has 5 heteroatoms. The minimum absolute atomic E-state index is 0.0901. The minimum Gasteiger partial charge on any atom is -0.409 e. The van der Waals surface area contributed by atoms with Gasteiger partial charge in [0.25, 0.3) is 0 Å². The second-order valence-electron chi connectivity index (χ2n) is 4.31. The van der Waals surface area contributed by atoms with Crippen molar-refractivity contribution in [2.24, 2.45) is 10.9 Å². The fourth-order valence-electron chi connectivity index (χ4n) is 2.16. The molecule has 0 aliphatic rings. The van der Waals surface area contributed by atoms with Crippen LogP contribution in [0.1, 0.15) is 5.56 Å². The maximum Gasteiger partial charge on any atom is 0.170 e. The molecule has 0 amide bonds. The third kappa shape index (κ3) is 2.46. The van der Waals surface area contributed by atoms with Crippen LogP contribution in [0.2, 0.25) is 0 Å². The molecule has 0 atom stereocenters. The molecular weight excluding hydrogens is 242 g/mol. The molecule has 0 radical (unpaired) electrons. The van der Waals surface area contributed by atoms with Crippen molar-refractivity contribution in [2.75, 3.05) is 25.1 Å². The highest BCUT2D eigenvalue weighted by Gasteiger charge is 2.11. The van der Waals surface area contributed by atoms with E-state index in [4.69, 9.17) is 16.0 Å². The summed E-state index contributed by atoms with van der Waals surface area (Å²) in [6.07, 6.45) is 0. The van der Waals surface area contributed by atoms with Crippen LogP contribution in [-0.2, 0) is 0 Å². The van der Waals surface area contributed by atoms with Crippen molar-refractivity contribution < 1.29 is 10.3 Å². The Kier molecular flexibility index (Phi) is 3.87. The predicted octanol–water partition coefficient (Wildman–Crippen LogP) is 1.36. The monoisotopic (exact) mass is 259 g/mol. The van der Waals surface area contributed by atoms with Crippen molar-refractivity contribution >= 4 is 22.3 Å². The van der Waals surface area contributed by atoms with E-state index in [1.807, 2.05) is 48.3 Å². The maximum atomic E-state index is 9.04. The standard InChI is InChI=1S/C14H17N3O2/c1-17(8-9-18)13-7-6-12(14(15)16-19)10-4-2-3-5-11(10)13/h2-7,18-19H,8-9H2,1H3,(H2,15,16). The second-order valence-corrected chi connectivity index (χ2v) is 4.31. The van der Waals surface area contributed by atoms with Crippen LogP contribution in [0.4, 0.5) is 5.69 Å². The molecule has 2 aromatic rings. The number of rotatable bonds is 4. The Balaban J connectivity index is 2.65. The number of aliphatic hydroxyl groups excluding tert-OH is 1. The fourth-order valence-corrected chi connectivity index (χ4v) is 2.16. The van der Waals surface area contributed by atoms with Crippen LogP contribution in [0.5, 0.6) is 0 Å². The Morgan fingerprint density at radius 1 is 1.21 bits per heavy atom. The van der Waals surface area contributed by atoms with Crippen LogP contribution < -0.4 is 10.6 Å². The lowest BCUT2D eigenvalue weighted by Gasteiger charge is -2.21. The van der Waals surface area contributed by atoms with Gasteiger partial charge in [0.15, 0.2) is 5.84 Å². The number of nitrogens with two attached hydrogens (primary N) is 1. The number of aliphatic hydroxyl groups is 1. The van der Waals surface area contributed by atoms with Crippen molar-refractivity contribution in [1.82, 2.24) is 0 Å². The van der Waals surface area contributed by atoms with Crippen LogP contribution >= 0.6 is 0 Å². The van der Waals surface area contributed by atoms with Crippen LogP contribution in [0.25, 0.3) is 10.8 Å². The molecule has 0 heterocycles. The molecule has 4 N–H and O–H groups in total. The predicted molar refractivity (Wildman–Crippen MR) is 76.8 cm³/mol. The van der Waals surface area contributed by atoms with E-state index in [2.05, 4.69) is 5.16 Å². The third-order valence-electron chi connectivity index (χ3n) is 3.13. The van der Waals surface area contributed by atoms with E-state index in [-0.39, 0.29) is 12.4 Å². The molecule has 0 saturated heterocycles. The summed E-state index contributed by atoms with van der Waals surface area (Å²) < 4.78 is 0. The summed E-state index contributed by atoms with van der Waals surface area (Å²) in [5.41, 5.74) is 7.38. The highest BCUT2D eigenvalue weighted by Crippen LogP contribution is 2.28. The van der Waals surface area contributed by atoms with Crippen molar-refractivity contribution in [3.63, 3.8) is 0 Å². The summed E-state index contributed by atoms with van der Waals surface area (Å²) in [6, 6.07) is 11.5. The number of amidine groups is 1. The van der Waals surface area contributed by atoms with Crippen molar-refractivity contribution in [3.05, 3.63) is 42.0 Å². The summed E-state index contributed by atoms with van der Waals surface area (Å²) in [5, 5.41) is 22.8. The summed E-state index contributed by atoms with van der Waals surface area (Å²) in [6.45, 7) is 0.639. The number of fused-ring (bicyclic) bond motifs is 1. The number of nitrogens with zero attached hydrogens (tertiary/aromatic N) is 2. The van der Waals surface area contributed by atoms with Crippen LogP contribution in [0, 0.1) is 0 Å². The number of benzene rings is 2. The maximum absolute atomic E-state index is 9.04. The number of hydrogen-bond donors (Lipinski definition) is 3. The van der Waals surface area contributed by atoms with E-state index < -0.39 is 0 Å². The van der Waals surface area contributed by atoms with E-state index in [1.165, 1.54) is 0 Å². The average molecular weight is 259 g/mol. The third-order valence-corrected chi connectivity index (χ3v) is 3.13. The molecule has 0 fully saturated rings. The van der Waals surface area contributed by atoms with Gasteiger partial charge in [0.1, 0.15) is 0 Å². The van der Waals surface area contributed by atoms with Crippen LogP contribution in [-0.4, -0.2) is 36.3 Å². The number of anilines is 1. The highest BCUT2D eigenvalue weighted by molar-refractivity contribution is 6.11. The summed E-state index contributed by atoms with van der Waals surface area (Å²) in [4.78, 5) is 1.97. The molecule has 0 spiro atoms. The molecule has 0 aliphatic heterocycles. The topological polar surface area (TPSA) is 82.1 Å². The molecular formula is C14H17N3O2. The average Bonchev–Trinajstić information content (AvgIpc) is 2.45. The molecule has 0 bridgehead atoms. The van der Waals surface area contributed by atoms with E-state index in [0.717, 1.165) is 16.5 Å². The van der Waals surface area contributed by atoms with Gasteiger partial charge in [0.05, 0.1) is 6.61 Å². The van der Waals surface area contributed by atoms with E-state index in [9.17, 15) is 0 Å². The Bertz CT molecular complexity index is 611. The highest BCUT2D eigenvalue weighted by atomic mass is 16.4. The second kappa shape index (κ2) is 5.58. The van der Waals surface area contributed by atoms with Gasteiger partial charge in [-0.1, -0.05) is 29.4 Å². The molecule has 100 valence electrons. The Morgan fingerprint density at radius 3 is 2.53 bits per heavy atom. The Labute approximate surface area is 111 Å². The number of oxime groups is 1. The minimum atomic E-state index is 0.0901. The lowest BCUT2D eigenvalue weighted by Crippen LogP contribution is -2.22. The summed E-state index contributed by atoms with van der Waals surface area (Å²) in [5.74, 6) is 0.0903. The van der Waals surface area contributed by atoms with E-state index >= 15 is 0 Å². The summed E-state index contributed by atoms with van der Waals surface area (Å²) in [7, 11) is 1.92. The first kappa shape index (κ1) is 13.2. The lowest BCUT2D eigenvalue weighted by molar-refractivity contribution is 0.304. The van der Waals surface area contributed by atoms with Gasteiger partial charge in [-0.3, -0.25) is 0 Å². The van der Waals surface area contributed by atoms with E-state index in [1.54, 1.807) is 0 Å². The van der Waals surface area contributed by atoms with Gasteiger partial charge in [0, 0.05) is 30.2 Å². The normalized spacial score (nSPS) is 11.8. The largest absolute Gasteiger partial charge is 0.409 e. The first-order chi connectivity index (χ1) is 9.19. The Hall–Kier alpha value is -2.27. The fraction of sp³-hybridized carbons (Fsp3) is 0.214. The van der Waals surface area contributed by atoms with Gasteiger partial charge in [-0.05, 0) is 17.5 Å². The van der Waals surface area contributed by atoms with Gasteiger partial charge < -0.3 is 20.9 Å². The van der Waals surface area contributed by atoms with Crippen LogP contribution in [0.3, 0.4) is 0 Å². The zero-order valence-electron chi connectivity index (χ0n) is 10.7. The SMILES string of the molecule is CN(CCO)c1ccc(/C(N)=N/O)c2ccccc12. The molecule has 0 aliphatic carbocycles. The summed E-state index contributed by atoms with van der Waals surface area (Å²) >= 11 is 0. The van der Waals surface area contributed by atoms with Gasteiger partial charge >= 0.3 is 0 Å². The number of hydrogen-bond acceptors (Lipinski definition) is 4. The van der Waals surface area contributed by atoms with Crippen molar-refractivity contribution in [1.29, 1.82) is 0 Å². The van der Waals surface area contributed by atoms with Gasteiger partial charge in [-0.15, -0.1) is 0 Å². The first-order valence-electron chi connectivity index (χ1n) is 6.00. The molecule has 2 aromatic carbocycles.